The lowest BCUT2D eigenvalue weighted by Gasteiger charge is -2.17. The molecule has 0 rings (SSSR count). The van der Waals surface area contributed by atoms with Gasteiger partial charge in [-0.3, -0.25) is 4.79 Å². The van der Waals surface area contributed by atoms with Gasteiger partial charge in [0.15, 0.2) is 0 Å². The number of aliphatic hydroxyl groups excluding tert-OH is 1. The Kier molecular flexibility index (Phi) is 5.88. The second-order valence-electron chi connectivity index (χ2n) is 3.82. The van der Waals surface area contributed by atoms with E-state index in [0.29, 0.717) is 6.42 Å². The monoisotopic (exact) mass is 218 g/mol. The molecule has 0 aliphatic carbocycles. The zero-order valence-corrected chi connectivity index (χ0v) is 8.93. The molecule has 0 saturated heterocycles. The minimum Gasteiger partial charge on any atom is -0.480 e. The van der Waals surface area contributed by atoms with Crippen LogP contribution in [-0.2, 0) is 9.59 Å². The van der Waals surface area contributed by atoms with Crippen molar-refractivity contribution in [3.63, 3.8) is 0 Å². The number of hydrogen-bond donors (Lipinski definition) is 4. The van der Waals surface area contributed by atoms with E-state index in [9.17, 15) is 9.59 Å². The van der Waals surface area contributed by atoms with Crippen LogP contribution in [0.1, 0.15) is 20.3 Å². The predicted octanol–water partition coefficient (Wildman–Crippen LogP) is -1.08. The number of carboxylic acids is 1. The maximum Gasteiger partial charge on any atom is 0.328 e. The molecule has 6 nitrogen and oxygen atoms in total. The van der Waals surface area contributed by atoms with E-state index in [1.54, 1.807) is 0 Å². The Hall–Kier alpha value is -1.14. The van der Waals surface area contributed by atoms with Crippen LogP contribution in [0, 0.1) is 5.92 Å². The van der Waals surface area contributed by atoms with Crippen molar-refractivity contribution in [1.82, 2.24) is 5.32 Å². The molecule has 0 saturated carbocycles. The molecule has 0 bridgehead atoms. The summed E-state index contributed by atoms with van der Waals surface area (Å²) < 4.78 is 0. The molecule has 0 unspecified atom stereocenters. The molecule has 0 aromatic heterocycles. The first-order valence-electron chi connectivity index (χ1n) is 4.78. The first-order chi connectivity index (χ1) is 6.88. The molecule has 0 aromatic rings. The van der Waals surface area contributed by atoms with Crippen LogP contribution >= 0.6 is 0 Å². The lowest BCUT2D eigenvalue weighted by molar-refractivity contribution is -0.143. The van der Waals surface area contributed by atoms with E-state index in [0.717, 1.165) is 0 Å². The fourth-order valence-electron chi connectivity index (χ4n) is 1.08. The number of rotatable bonds is 6. The van der Waals surface area contributed by atoms with Crippen LogP contribution in [0.5, 0.6) is 0 Å². The number of carbonyl (C=O) groups excluding carboxylic acids is 1. The van der Waals surface area contributed by atoms with E-state index in [1.165, 1.54) is 0 Å². The molecule has 15 heavy (non-hydrogen) atoms. The van der Waals surface area contributed by atoms with Crippen molar-refractivity contribution in [3.8, 4) is 0 Å². The molecule has 1 amide bonds. The Morgan fingerprint density at radius 1 is 1.40 bits per heavy atom. The van der Waals surface area contributed by atoms with Crippen molar-refractivity contribution in [1.29, 1.82) is 0 Å². The van der Waals surface area contributed by atoms with Crippen LogP contribution in [0.3, 0.4) is 0 Å². The maximum atomic E-state index is 11.3. The average molecular weight is 218 g/mol. The molecule has 0 spiro atoms. The van der Waals surface area contributed by atoms with E-state index in [4.69, 9.17) is 15.9 Å². The first-order valence-corrected chi connectivity index (χ1v) is 4.78. The third-order valence-corrected chi connectivity index (χ3v) is 1.86. The van der Waals surface area contributed by atoms with Gasteiger partial charge in [-0.1, -0.05) is 13.8 Å². The minimum atomic E-state index is -1.28. The standard InChI is InChI=1S/C9H18N2O4/c1-5(2)3-6(10)8(13)11-7(4-12)9(14)15/h5-7,12H,3-4,10H2,1-2H3,(H,11,13)(H,14,15)/t6-,7+/m0/s1. The number of hydrogen-bond acceptors (Lipinski definition) is 4. The zero-order chi connectivity index (χ0) is 12.0. The highest BCUT2D eigenvalue weighted by Crippen LogP contribution is 2.02. The van der Waals surface area contributed by atoms with E-state index < -0.39 is 30.6 Å². The fourth-order valence-corrected chi connectivity index (χ4v) is 1.08. The summed E-state index contributed by atoms with van der Waals surface area (Å²) in [5, 5.41) is 19.4. The summed E-state index contributed by atoms with van der Waals surface area (Å²) >= 11 is 0. The van der Waals surface area contributed by atoms with Crippen molar-refractivity contribution in [3.05, 3.63) is 0 Å². The SMILES string of the molecule is CC(C)C[C@H](N)C(=O)N[C@H](CO)C(=O)O. The number of aliphatic hydroxyl groups is 1. The molecule has 0 aliphatic rings. The van der Waals surface area contributed by atoms with E-state index in [1.807, 2.05) is 13.8 Å². The lowest BCUT2D eigenvalue weighted by atomic mass is 10.0. The topological polar surface area (TPSA) is 113 Å². The summed E-state index contributed by atoms with van der Waals surface area (Å²) in [6.07, 6.45) is 0.476. The Labute approximate surface area is 88.5 Å². The van der Waals surface area contributed by atoms with Gasteiger partial charge < -0.3 is 21.3 Å². The highest BCUT2D eigenvalue weighted by molar-refractivity contribution is 5.86. The number of carbonyl (C=O) groups is 2. The number of carboxylic acid groups (broad SMARTS) is 1. The molecule has 88 valence electrons. The fraction of sp³-hybridized carbons (Fsp3) is 0.778. The Morgan fingerprint density at radius 3 is 2.27 bits per heavy atom. The predicted molar refractivity (Wildman–Crippen MR) is 54.1 cm³/mol. The van der Waals surface area contributed by atoms with Crippen molar-refractivity contribution in [2.24, 2.45) is 11.7 Å². The van der Waals surface area contributed by atoms with Crippen molar-refractivity contribution < 1.29 is 19.8 Å². The van der Waals surface area contributed by atoms with Crippen LogP contribution in [0.2, 0.25) is 0 Å². The van der Waals surface area contributed by atoms with Crippen molar-refractivity contribution in [2.45, 2.75) is 32.4 Å². The smallest absolute Gasteiger partial charge is 0.328 e. The first kappa shape index (κ1) is 13.9. The second-order valence-corrected chi connectivity index (χ2v) is 3.82. The quantitative estimate of drug-likeness (QED) is 0.453. The lowest BCUT2D eigenvalue weighted by Crippen LogP contribution is -2.50. The maximum absolute atomic E-state index is 11.3. The molecule has 0 aromatic carbocycles. The Balaban J connectivity index is 4.16. The zero-order valence-electron chi connectivity index (χ0n) is 8.93. The van der Waals surface area contributed by atoms with Crippen LogP contribution in [0.15, 0.2) is 0 Å². The normalized spacial score (nSPS) is 14.7. The van der Waals surface area contributed by atoms with Crippen LogP contribution in [0.4, 0.5) is 0 Å². The Bertz CT molecular complexity index is 230. The average Bonchev–Trinajstić information content (AvgIpc) is 2.11. The molecule has 0 fully saturated rings. The molecule has 0 radical (unpaired) electrons. The van der Waals surface area contributed by atoms with Gasteiger partial charge in [-0.2, -0.15) is 0 Å². The summed E-state index contributed by atoms with van der Waals surface area (Å²) in [4.78, 5) is 21.8. The largest absolute Gasteiger partial charge is 0.480 e. The van der Waals surface area contributed by atoms with Gasteiger partial charge in [-0.15, -0.1) is 0 Å². The number of nitrogens with two attached hydrogens (primary N) is 1. The summed E-state index contributed by atoms with van der Waals surface area (Å²) in [5.74, 6) is -1.57. The minimum absolute atomic E-state index is 0.253. The summed E-state index contributed by atoms with van der Waals surface area (Å²) in [6, 6.07) is -2.02. The van der Waals surface area contributed by atoms with E-state index in [-0.39, 0.29) is 5.92 Å². The third-order valence-electron chi connectivity index (χ3n) is 1.86. The van der Waals surface area contributed by atoms with Gasteiger partial charge in [0.2, 0.25) is 5.91 Å². The summed E-state index contributed by atoms with van der Waals surface area (Å²) in [6.45, 7) is 3.18. The van der Waals surface area contributed by atoms with Crippen molar-refractivity contribution >= 4 is 11.9 Å². The van der Waals surface area contributed by atoms with Gasteiger partial charge in [0.05, 0.1) is 12.6 Å². The van der Waals surface area contributed by atoms with Gasteiger partial charge in [0.25, 0.3) is 0 Å². The molecular weight excluding hydrogens is 200 g/mol. The van der Waals surface area contributed by atoms with Crippen molar-refractivity contribution in [2.75, 3.05) is 6.61 Å². The van der Waals surface area contributed by atoms with E-state index in [2.05, 4.69) is 5.32 Å². The van der Waals surface area contributed by atoms with E-state index >= 15 is 0 Å². The highest BCUT2D eigenvalue weighted by atomic mass is 16.4. The molecule has 0 aliphatic heterocycles. The highest BCUT2D eigenvalue weighted by Gasteiger charge is 2.22. The molecule has 0 heterocycles. The summed E-state index contributed by atoms with van der Waals surface area (Å²) in [7, 11) is 0. The van der Waals surface area contributed by atoms with Gasteiger partial charge in [-0.05, 0) is 12.3 Å². The third kappa shape index (κ3) is 5.34. The second kappa shape index (κ2) is 6.36. The molecular formula is C9H18N2O4. The molecule has 6 heteroatoms. The number of aliphatic carboxylic acids is 1. The Morgan fingerprint density at radius 2 is 1.93 bits per heavy atom. The van der Waals surface area contributed by atoms with Gasteiger partial charge in [0, 0.05) is 0 Å². The van der Waals surface area contributed by atoms with Gasteiger partial charge >= 0.3 is 5.97 Å². The molecule has 5 N–H and O–H groups in total. The number of nitrogens with one attached hydrogen (secondary N) is 1. The van der Waals surface area contributed by atoms with Gasteiger partial charge in [-0.25, -0.2) is 4.79 Å². The van der Waals surface area contributed by atoms with Gasteiger partial charge in [0.1, 0.15) is 6.04 Å². The summed E-state index contributed by atoms with van der Waals surface area (Å²) in [5.41, 5.74) is 5.53. The molecule has 2 atom stereocenters. The number of amides is 1. The van der Waals surface area contributed by atoms with Crippen LogP contribution in [-0.4, -0.2) is 40.8 Å². The van der Waals surface area contributed by atoms with Crippen LogP contribution < -0.4 is 11.1 Å². The van der Waals surface area contributed by atoms with Crippen LogP contribution in [0.25, 0.3) is 0 Å².